The zero-order valence-corrected chi connectivity index (χ0v) is 29.3. The summed E-state index contributed by atoms with van der Waals surface area (Å²) in [4.78, 5) is 56.7. The summed E-state index contributed by atoms with van der Waals surface area (Å²) < 4.78 is 5.34. The summed E-state index contributed by atoms with van der Waals surface area (Å²) in [6.07, 6.45) is 0.405. The van der Waals surface area contributed by atoms with Crippen LogP contribution in [0.4, 0.5) is 10.5 Å². The Kier molecular flexibility index (Phi) is 11.7. The summed E-state index contributed by atoms with van der Waals surface area (Å²) in [7, 11) is 0. The van der Waals surface area contributed by atoms with Crippen LogP contribution in [0.3, 0.4) is 0 Å². The Hall–Kier alpha value is -5.44. The highest BCUT2D eigenvalue weighted by atomic mass is 16.5. The molecule has 0 bridgehead atoms. The van der Waals surface area contributed by atoms with Crippen LogP contribution in [0.15, 0.2) is 103 Å². The van der Waals surface area contributed by atoms with Crippen molar-refractivity contribution in [1.29, 1.82) is 0 Å². The second kappa shape index (κ2) is 16.3. The molecule has 9 heteroatoms. The molecule has 1 heterocycles. The van der Waals surface area contributed by atoms with E-state index in [1.165, 1.54) is 0 Å². The Bertz CT molecular complexity index is 1800. The van der Waals surface area contributed by atoms with Crippen molar-refractivity contribution in [3.63, 3.8) is 0 Å². The van der Waals surface area contributed by atoms with Gasteiger partial charge in [-0.2, -0.15) is 0 Å². The Morgan fingerprint density at radius 3 is 2.22 bits per heavy atom. The zero-order chi connectivity index (χ0) is 35.7. The van der Waals surface area contributed by atoms with E-state index in [4.69, 9.17) is 4.74 Å². The van der Waals surface area contributed by atoms with Gasteiger partial charge in [0.15, 0.2) is 0 Å². The van der Waals surface area contributed by atoms with E-state index in [-0.39, 0.29) is 30.7 Å². The van der Waals surface area contributed by atoms with Gasteiger partial charge in [0.1, 0.15) is 12.6 Å². The molecule has 1 aliphatic rings. The van der Waals surface area contributed by atoms with Crippen molar-refractivity contribution in [1.82, 2.24) is 15.5 Å². The van der Waals surface area contributed by atoms with Crippen molar-refractivity contribution >= 4 is 29.5 Å². The Balaban J connectivity index is 1.27. The predicted octanol–water partition coefficient (Wildman–Crippen LogP) is 6.89. The predicted molar refractivity (Wildman–Crippen MR) is 195 cm³/mol. The summed E-state index contributed by atoms with van der Waals surface area (Å²) in [5.74, 6) is -0.544. The van der Waals surface area contributed by atoms with Crippen molar-refractivity contribution < 1.29 is 23.9 Å². The first kappa shape index (κ1) is 35.9. The molecule has 2 N–H and O–H groups in total. The van der Waals surface area contributed by atoms with Gasteiger partial charge in [0.2, 0.25) is 11.8 Å². The standard InChI is InChI=1S/C41H46N4O5/c1-5-44(6-2)38(47)34-18-12-11-17-33(34)31-22-20-29(21-23-31)27-45-36-19-13-10-16-32(36)24-25-35(39(45)48)42-37(46)26-41(3,4)43-40(49)50-28-30-14-8-7-9-15-30/h7-23,35H,5-6,24-28H2,1-4H3,(H,42,46)(H,43,49). The van der Waals surface area contributed by atoms with Gasteiger partial charge in [0, 0.05) is 36.3 Å². The molecule has 0 saturated carbocycles. The lowest BCUT2D eigenvalue weighted by molar-refractivity contribution is -0.128. The van der Waals surface area contributed by atoms with E-state index in [1.54, 1.807) is 18.7 Å². The number of nitrogens with zero attached hydrogens (tertiary/aromatic N) is 2. The first-order chi connectivity index (χ1) is 24.1. The first-order valence-electron chi connectivity index (χ1n) is 17.2. The van der Waals surface area contributed by atoms with E-state index in [9.17, 15) is 19.2 Å². The maximum absolute atomic E-state index is 14.1. The third-order valence-corrected chi connectivity index (χ3v) is 8.95. The Labute approximate surface area is 294 Å². The fourth-order valence-electron chi connectivity index (χ4n) is 6.31. The number of benzene rings is 4. The van der Waals surface area contributed by atoms with Gasteiger partial charge in [0.05, 0.1) is 6.54 Å². The highest BCUT2D eigenvalue weighted by molar-refractivity contribution is 6.01. The van der Waals surface area contributed by atoms with Crippen LogP contribution in [-0.4, -0.2) is 53.4 Å². The molecule has 4 aromatic rings. The Morgan fingerprint density at radius 1 is 0.840 bits per heavy atom. The SMILES string of the molecule is CCN(CC)C(=O)c1ccccc1-c1ccc(CN2C(=O)C(NC(=O)CC(C)(C)NC(=O)OCc3ccccc3)CCc3ccccc32)cc1. The molecule has 0 radical (unpaired) electrons. The van der Waals surface area contributed by atoms with Gasteiger partial charge in [-0.15, -0.1) is 0 Å². The van der Waals surface area contributed by atoms with Gasteiger partial charge in [-0.1, -0.05) is 91.0 Å². The quantitative estimate of drug-likeness (QED) is 0.170. The number of alkyl carbamates (subject to hydrolysis) is 1. The molecule has 0 saturated heterocycles. The van der Waals surface area contributed by atoms with E-state index >= 15 is 0 Å². The highest BCUT2D eigenvalue weighted by Crippen LogP contribution is 2.30. The normalized spacial score (nSPS) is 14.3. The van der Waals surface area contributed by atoms with Crippen LogP contribution in [0.1, 0.15) is 67.6 Å². The molecule has 4 amide bonds. The van der Waals surface area contributed by atoms with Crippen LogP contribution in [0.5, 0.6) is 0 Å². The fraction of sp³-hybridized carbons (Fsp3) is 0.317. The molecule has 0 spiro atoms. The molecule has 4 aromatic carbocycles. The lowest BCUT2D eigenvalue weighted by atomic mass is 9.97. The van der Waals surface area contributed by atoms with Crippen LogP contribution in [-0.2, 0) is 33.9 Å². The van der Waals surface area contributed by atoms with E-state index in [0.29, 0.717) is 38.0 Å². The molecule has 9 nitrogen and oxygen atoms in total. The third-order valence-electron chi connectivity index (χ3n) is 8.95. The van der Waals surface area contributed by atoms with Crippen LogP contribution in [0.25, 0.3) is 11.1 Å². The van der Waals surface area contributed by atoms with Crippen molar-refractivity contribution in [3.05, 3.63) is 125 Å². The average molecular weight is 675 g/mol. The van der Waals surface area contributed by atoms with Crippen LogP contribution in [0.2, 0.25) is 0 Å². The van der Waals surface area contributed by atoms with Gasteiger partial charge in [0.25, 0.3) is 5.91 Å². The zero-order valence-electron chi connectivity index (χ0n) is 29.3. The van der Waals surface area contributed by atoms with Gasteiger partial charge in [-0.25, -0.2) is 4.79 Å². The summed E-state index contributed by atoms with van der Waals surface area (Å²) >= 11 is 0. The maximum atomic E-state index is 14.1. The van der Waals surface area contributed by atoms with Crippen LogP contribution in [0, 0.1) is 0 Å². The van der Waals surface area contributed by atoms with Crippen molar-refractivity contribution in [3.8, 4) is 11.1 Å². The van der Waals surface area contributed by atoms with E-state index in [0.717, 1.165) is 33.5 Å². The second-order valence-electron chi connectivity index (χ2n) is 13.2. The van der Waals surface area contributed by atoms with Crippen LogP contribution < -0.4 is 15.5 Å². The number of nitrogens with one attached hydrogen (secondary N) is 2. The van der Waals surface area contributed by atoms with Crippen molar-refractivity contribution in [2.75, 3.05) is 18.0 Å². The maximum Gasteiger partial charge on any atom is 0.407 e. The molecule has 0 aliphatic carbocycles. The lowest BCUT2D eigenvalue weighted by Crippen LogP contribution is -2.51. The number of amides is 4. The van der Waals surface area contributed by atoms with E-state index in [1.807, 2.05) is 122 Å². The monoisotopic (exact) mass is 674 g/mol. The molecule has 0 fully saturated rings. The van der Waals surface area contributed by atoms with E-state index < -0.39 is 17.7 Å². The third kappa shape index (κ3) is 8.96. The molecule has 50 heavy (non-hydrogen) atoms. The minimum Gasteiger partial charge on any atom is -0.445 e. The largest absolute Gasteiger partial charge is 0.445 e. The lowest BCUT2D eigenvalue weighted by Gasteiger charge is -2.28. The molecule has 1 atom stereocenters. The van der Waals surface area contributed by atoms with Gasteiger partial charge in [-0.3, -0.25) is 14.4 Å². The minimum absolute atomic E-state index is 0.00306. The highest BCUT2D eigenvalue weighted by Gasteiger charge is 2.33. The number of rotatable bonds is 12. The second-order valence-corrected chi connectivity index (χ2v) is 13.2. The number of aryl methyl sites for hydroxylation is 1. The fourth-order valence-corrected chi connectivity index (χ4v) is 6.31. The van der Waals surface area contributed by atoms with E-state index in [2.05, 4.69) is 10.6 Å². The number of hydrogen-bond acceptors (Lipinski definition) is 5. The molecule has 1 aliphatic heterocycles. The number of carbonyl (C=O) groups is 4. The number of ether oxygens (including phenoxy) is 1. The van der Waals surface area contributed by atoms with Crippen molar-refractivity contribution in [2.45, 2.75) is 71.7 Å². The summed E-state index contributed by atoms with van der Waals surface area (Å²) in [5, 5.41) is 5.73. The molecule has 5 rings (SSSR count). The Morgan fingerprint density at radius 2 is 1.50 bits per heavy atom. The number of fused-ring (bicyclic) bond motifs is 1. The number of para-hydroxylation sites is 1. The summed E-state index contributed by atoms with van der Waals surface area (Å²) in [6.45, 7) is 9.13. The topological polar surface area (TPSA) is 108 Å². The number of carbonyl (C=O) groups excluding carboxylic acids is 4. The van der Waals surface area contributed by atoms with Gasteiger partial charge < -0.3 is 25.2 Å². The molecule has 260 valence electrons. The molecule has 0 aromatic heterocycles. The molecular weight excluding hydrogens is 628 g/mol. The number of hydrogen-bond donors (Lipinski definition) is 2. The summed E-state index contributed by atoms with van der Waals surface area (Å²) in [6, 6.07) is 32.0. The van der Waals surface area contributed by atoms with Gasteiger partial charge >= 0.3 is 6.09 Å². The van der Waals surface area contributed by atoms with Crippen molar-refractivity contribution in [2.24, 2.45) is 0 Å². The van der Waals surface area contributed by atoms with Gasteiger partial charge in [-0.05, 0) is 80.5 Å². The minimum atomic E-state index is -0.912. The first-order valence-corrected chi connectivity index (χ1v) is 17.2. The molecule has 1 unspecified atom stereocenters. The molecular formula is C41H46N4O5. The smallest absolute Gasteiger partial charge is 0.407 e. The summed E-state index contributed by atoms with van der Waals surface area (Å²) in [5.41, 5.74) is 5.13. The number of anilines is 1. The average Bonchev–Trinajstić information content (AvgIpc) is 3.24. The van der Waals surface area contributed by atoms with Crippen LogP contribution >= 0.6 is 0 Å².